The van der Waals surface area contributed by atoms with E-state index in [1.54, 1.807) is 24.3 Å². The topological polar surface area (TPSA) is 58.6 Å². The van der Waals surface area contributed by atoms with Gasteiger partial charge in [-0.3, -0.25) is 9.59 Å². The predicted molar refractivity (Wildman–Crippen MR) is 104 cm³/mol. The lowest BCUT2D eigenvalue weighted by molar-refractivity contribution is -0.132. The van der Waals surface area contributed by atoms with Gasteiger partial charge in [-0.15, -0.1) is 0 Å². The number of piperidine rings is 1. The summed E-state index contributed by atoms with van der Waals surface area (Å²) in [6.07, 6.45) is 2.03. The van der Waals surface area contributed by atoms with E-state index in [-0.39, 0.29) is 18.4 Å². The highest BCUT2D eigenvalue weighted by Gasteiger charge is 2.24. The van der Waals surface area contributed by atoms with Crippen molar-refractivity contribution in [3.63, 3.8) is 0 Å². The molecule has 1 fully saturated rings. The zero-order chi connectivity index (χ0) is 18.9. The number of ether oxygens (including phenoxy) is 1. The SMILES string of the molecule is O=C(NCC(=O)N1CCCC(COCc2ccccc2)C1)c1ccccc1. The van der Waals surface area contributed by atoms with E-state index in [0.717, 1.165) is 24.9 Å². The van der Waals surface area contributed by atoms with Crippen LogP contribution in [0, 0.1) is 5.92 Å². The molecule has 2 amide bonds. The van der Waals surface area contributed by atoms with Gasteiger partial charge >= 0.3 is 0 Å². The molecule has 2 aromatic rings. The molecular weight excluding hydrogens is 340 g/mol. The van der Waals surface area contributed by atoms with Gasteiger partial charge in [0.1, 0.15) is 0 Å². The lowest BCUT2D eigenvalue weighted by Crippen LogP contribution is -2.45. The fraction of sp³-hybridized carbons (Fsp3) is 0.364. The van der Waals surface area contributed by atoms with Gasteiger partial charge in [0.2, 0.25) is 5.91 Å². The maximum atomic E-state index is 12.4. The third-order valence-electron chi connectivity index (χ3n) is 4.77. The molecule has 1 aliphatic heterocycles. The minimum atomic E-state index is -0.219. The van der Waals surface area contributed by atoms with Gasteiger partial charge in [0.25, 0.3) is 5.91 Å². The van der Waals surface area contributed by atoms with E-state index in [1.165, 1.54) is 0 Å². The molecule has 0 saturated carbocycles. The highest BCUT2D eigenvalue weighted by molar-refractivity contribution is 5.96. The van der Waals surface area contributed by atoms with Gasteiger partial charge in [0.15, 0.2) is 0 Å². The van der Waals surface area contributed by atoms with Crippen LogP contribution in [0.5, 0.6) is 0 Å². The molecule has 1 N–H and O–H groups in total. The highest BCUT2D eigenvalue weighted by Crippen LogP contribution is 2.17. The Balaban J connectivity index is 1.40. The average molecular weight is 366 g/mol. The highest BCUT2D eigenvalue weighted by atomic mass is 16.5. The van der Waals surface area contributed by atoms with E-state index >= 15 is 0 Å². The summed E-state index contributed by atoms with van der Waals surface area (Å²) in [5, 5.41) is 2.71. The molecule has 5 heteroatoms. The largest absolute Gasteiger partial charge is 0.376 e. The minimum absolute atomic E-state index is 0.0331. The maximum absolute atomic E-state index is 12.4. The van der Waals surface area contributed by atoms with Gasteiger partial charge in [-0.1, -0.05) is 48.5 Å². The summed E-state index contributed by atoms with van der Waals surface area (Å²) >= 11 is 0. The standard InChI is InChI=1S/C22H26N2O3/c25-21(14-23-22(26)20-11-5-2-6-12-20)24-13-7-10-19(15-24)17-27-16-18-8-3-1-4-9-18/h1-6,8-9,11-12,19H,7,10,13-17H2,(H,23,26). The van der Waals surface area contributed by atoms with Crippen molar-refractivity contribution in [3.8, 4) is 0 Å². The Labute approximate surface area is 160 Å². The van der Waals surface area contributed by atoms with E-state index in [0.29, 0.717) is 31.2 Å². The molecule has 0 spiro atoms. The molecule has 142 valence electrons. The Hall–Kier alpha value is -2.66. The first-order valence-corrected chi connectivity index (χ1v) is 9.45. The van der Waals surface area contributed by atoms with Crippen LogP contribution in [0.15, 0.2) is 60.7 Å². The number of hydrogen-bond acceptors (Lipinski definition) is 3. The Kier molecular flexibility index (Phi) is 6.99. The van der Waals surface area contributed by atoms with Crippen molar-refractivity contribution < 1.29 is 14.3 Å². The first-order valence-electron chi connectivity index (χ1n) is 9.45. The molecule has 5 nitrogen and oxygen atoms in total. The van der Waals surface area contributed by atoms with Crippen LogP contribution in [-0.4, -0.2) is 43.0 Å². The number of carbonyl (C=O) groups is 2. The number of rotatable bonds is 7. The summed E-state index contributed by atoms with van der Waals surface area (Å²) < 4.78 is 5.84. The van der Waals surface area contributed by atoms with Crippen molar-refractivity contribution in [3.05, 3.63) is 71.8 Å². The van der Waals surface area contributed by atoms with Crippen molar-refractivity contribution >= 4 is 11.8 Å². The molecule has 0 radical (unpaired) electrons. The monoisotopic (exact) mass is 366 g/mol. The fourth-order valence-electron chi connectivity index (χ4n) is 3.30. The summed E-state index contributed by atoms with van der Waals surface area (Å²) in [6.45, 7) is 2.71. The number of nitrogens with one attached hydrogen (secondary N) is 1. The number of carbonyl (C=O) groups excluding carboxylic acids is 2. The molecule has 1 heterocycles. The van der Waals surface area contributed by atoms with Crippen molar-refractivity contribution in [2.75, 3.05) is 26.2 Å². The average Bonchev–Trinajstić information content (AvgIpc) is 2.73. The molecule has 2 aromatic carbocycles. The van der Waals surface area contributed by atoms with Crippen molar-refractivity contribution in [2.24, 2.45) is 5.92 Å². The molecule has 27 heavy (non-hydrogen) atoms. The molecule has 1 saturated heterocycles. The van der Waals surface area contributed by atoms with Gasteiger partial charge in [0, 0.05) is 18.7 Å². The van der Waals surface area contributed by atoms with Crippen LogP contribution < -0.4 is 5.32 Å². The number of amides is 2. The van der Waals surface area contributed by atoms with Crippen LogP contribution in [0.25, 0.3) is 0 Å². The Morgan fingerprint density at radius 2 is 1.74 bits per heavy atom. The van der Waals surface area contributed by atoms with Crippen LogP contribution in [0.1, 0.15) is 28.8 Å². The zero-order valence-electron chi connectivity index (χ0n) is 15.5. The van der Waals surface area contributed by atoms with E-state index < -0.39 is 0 Å². The van der Waals surface area contributed by atoms with Gasteiger partial charge < -0.3 is 15.0 Å². The van der Waals surface area contributed by atoms with Crippen LogP contribution >= 0.6 is 0 Å². The molecule has 0 aliphatic carbocycles. The first-order chi connectivity index (χ1) is 13.2. The zero-order valence-corrected chi connectivity index (χ0v) is 15.5. The molecule has 3 rings (SSSR count). The second-order valence-corrected chi connectivity index (χ2v) is 6.90. The third kappa shape index (κ3) is 5.93. The van der Waals surface area contributed by atoms with Gasteiger partial charge in [-0.05, 0) is 36.5 Å². The van der Waals surface area contributed by atoms with Crippen LogP contribution in [0.2, 0.25) is 0 Å². The number of likely N-dealkylation sites (tertiary alicyclic amines) is 1. The number of hydrogen-bond donors (Lipinski definition) is 1. The Morgan fingerprint density at radius 1 is 1.04 bits per heavy atom. The minimum Gasteiger partial charge on any atom is -0.376 e. The quantitative estimate of drug-likeness (QED) is 0.820. The maximum Gasteiger partial charge on any atom is 0.251 e. The number of nitrogens with zero attached hydrogens (tertiary/aromatic N) is 1. The molecule has 0 bridgehead atoms. The number of benzene rings is 2. The lowest BCUT2D eigenvalue weighted by atomic mass is 9.99. The summed E-state index contributed by atoms with van der Waals surface area (Å²) in [6, 6.07) is 19.0. The summed E-state index contributed by atoms with van der Waals surface area (Å²) in [5.41, 5.74) is 1.72. The summed E-state index contributed by atoms with van der Waals surface area (Å²) in [5.74, 6) is 0.0898. The molecule has 1 atom stereocenters. The molecule has 1 unspecified atom stereocenters. The molecule has 1 aliphatic rings. The normalized spacial score (nSPS) is 16.7. The van der Waals surface area contributed by atoms with Crippen molar-refractivity contribution in [2.45, 2.75) is 19.4 Å². The Bertz CT molecular complexity index is 734. The first kappa shape index (κ1) is 19.1. The third-order valence-corrected chi connectivity index (χ3v) is 4.77. The van der Waals surface area contributed by atoms with Crippen LogP contribution in [-0.2, 0) is 16.1 Å². The molecular formula is C22H26N2O3. The lowest BCUT2D eigenvalue weighted by Gasteiger charge is -2.32. The summed E-state index contributed by atoms with van der Waals surface area (Å²) in [4.78, 5) is 26.4. The predicted octanol–water partition coefficient (Wildman–Crippen LogP) is 2.87. The smallest absolute Gasteiger partial charge is 0.251 e. The second-order valence-electron chi connectivity index (χ2n) is 6.90. The van der Waals surface area contributed by atoms with Crippen molar-refractivity contribution in [1.29, 1.82) is 0 Å². The van der Waals surface area contributed by atoms with E-state index in [1.807, 2.05) is 41.3 Å². The van der Waals surface area contributed by atoms with E-state index in [4.69, 9.17) is 4.74 Å². The van der Waals surface area contributed by atoms with Gasteiger partial charge in [-0.25, -0.2) is 0 Å². The molecule has 0 aromatic heterocycles. The van der Waals surface area contributed by atoms with Crippen LogP contribution in [0.4, 0.5) is 0 Å². The Morgan fingerprint density at radius 3 is 2.48 bits per heavy atom. The van der Waals surface area contributed by atoms with E-state index in [9.17, 15) is 9.59 Å². The summed E-state index contributed by atoms with van der Waals surface area (Å²) in [7, 11) is 0. The van der Waals surface area contributed by atoms with Gasteiger partial charge in [-0.2, -0.15) is 0 Å². The second kappa shape index (κ2) is 9.88. The van der Waals surface area contributed by atoms with Crippen molar-refractivity contribution in [1.82, 2.24) is 10.2 Å². The van der Waals surface area contributed by atoms with Gasteiger partial charge in [0.05, 0.1) is 19.8 Å². The van der Waals surface area contributed by atoms with E-state index in [2.05, 4.69) is 5.32 Å². The van der Waals surface area contributed by atoms with Crippen LogP contribution in [0.3, 0.4) is 0 Å². The fourth-order valence-corrected chi connectivity index (χ4v) is 3.30.